The van der Waals surface area contributed by atoms with E-state index in [9.17, 15) is 0 Å². The number of hydrogen-bond donors (Lipinski definition) is 0. The normalized spacial score (nSPS) is 33.6. The third-order valence-corrected chi connectivity index (χ3v) is 13.4. The van der Waals surface area contributed by atoms with E-state index >= 15 is 0 Å². The van der Waals surface area contributed by atoms with Crippen molar-refractivity contribution < 1.29 is 14.2 Å². The predicted molar refractivity (Wildman–Crippen MR) is 268 cm³/mol. The Kier molecular flexibility index (Phi) is 39.8. The maximum atomic E-state index is 5.39. The van der Waals surface area contributed by atoms with Gasteiger partial charge >= 0.3 is 0 Å². The molecule has 1 aromatic rings. The monoisotopic (exact) mass is 833 g/mol. The van der Waals surface area contributed by atoms with E-state index in [4.69, 9.17) is 14.2 Å². The Balaban J connectivity index is -0.000000615. The van der Waals surface area contributed by atoms with Gasteiger partial charge in [-0.25, -0.2) is 0 Å². The zero-order valence-electron chi connectivity index (χ0n) is 40.3. The van der Waals surface area contributed by atoms with Crippen molar-refractivity contribution in [1.29, 1.82) is 0 Å². The molecule has 0 N–H and O–H groups in total. The van der Waals surface area contributed by atoms with Gasteiger partial charge in [0.2, 0.25) is 0 Å². The lowest BCUT2D eigenvalue weighted by molar-refractivity contribution is -0.187. The van der Waals surface area contributed by atoms with Gasteiger partial charge in [-0.05, 0) is 93.8 Å². The molecule has 0 spiro atoms. The summed E-state index contributed by atoms with van der Waals surface area (Å²) in [4.78, 5) is 0. The second kappa shape index (κ2) is 37.6. The number of rotatable bonds is 0. The quantitative estimate of drug-likeness (QED) is 0.261. The Morgan fingerprint density at radius 3 is 0.661 bits per heavy atom. The van der Waals surface area contributed by atoms with E-state index < -0.39 is 0 Å². The van der Waals surface area contributed by atoms with Gasteiger partial charge in [-0.1, -0.05) is 230 Å². The summed E-state index contributed by atoms with van der Waals surface area (Å²) >= 11 is 0. The second-order valence-electron chi connectivity index (χ2n) is 20.8. The summed E-state index contributed by atoms with van der Waals surface area (Å²) in [6.45, 7) is 34.2. The largest absolute Gasteiger partial charge is 0.378 e. The minimum atomic E-state index is 0. The Hall–Kier alpha value is -0.900. The minimum absolute atomic E-state index is 0. The van der Waals surface area contributed by atoms with E-state index in [0.29, 0.717) is 12.0 Å². The van der Waals surface area contributed by atoms with Crippen LogP contribution in [0.3, 0.4) is 0 Å². The van der Waals surface area contributed by atoms with Crippen LogP contribution < -0.4 is 0 Å². The van der Waals surface area contributed by atoms with Crippen LogP contribution in [0.5, 0.6) is 0 Å². The third-order valence-electron chi connectivity index (χ3n) is 13.4. The van der Waals surface area contributed by atoms with E-state index in [2.05, 4.69) is 114 Å². The van der Waals surface area contributed by atoms with Crippen LogP contribution in [0.1, 0.15) is 232 Å². The summed E-state index contributed by atoms with van der Waals surface area (Å²) in [6.07, 6.45) is 26.7. The molecule has 0 amide bonds. The zero-order valence-corrected chi connectivity index (χ0v) is 40.3. The first-order valence-electron chi connectivity index (χ1n) is 24.4. The molecular weight excluding hydrogens is 721 g/mol. The maximum Gasteiger partial charge on any atom is 0.154 e. The molecule has 0 radical (unpaired) electrons. The summed E-state index contributed by atoms with van der Waals surface area (Å²) in [5.74, 6) is 9.53. The van der Waals surface area contributed by atoms with Gasteiger partial charge in [-0.3, -0.25) is 0 Å². The van der Waals surface area contributed by atoms with Crippen LogP contribution in [0.2, 0.25) is 0 Å². The number of aryl methyl sites for hydroxylation is 2. The molecule has 3 heteroatoms. The number of benzene rings is 1. The molecule has 2 saturated heterocycles. The second-order valence-corrected chi connectivity index (χ2v) is 20.8. The molecule has 7 rings (SSSR count). The topological polar surface area (TPSA) is 27.7 Å². The Morgan fingerprint density at radius 2 is 0.492 bits per heavy atom. The first-order chi connectivity index (χ1) is 26.5. The van der Waals surface area contributed by atoms with E-state index in [1.807, 2.05) is 6.92 Å². The SMILES string of the molecule is C.C.C.CC1CCC(C)CC1.CC1CCC(C)CC1.CC1CCC(C)CC1.CC1CCC(C)CC1.CC1CCC(C)OC1.CC1COC(C)OC1.Cc1ccc(C)cc1. The van der Waals surface area contributed by atoms with E-state index in [1.165, 1.54) is 127 Å². The van der Waals surface area contributed by atoms with Gasteiger partial charge in [-0.2, -0.15) is 0 Å². The lowest BCUT2D eigenvalue weighted by atomic mass is 9.84. The van der Waals surface area contributed by atoms with Gasteiger partial charge in [0.1, 0.15) is 0 Å². The smallest absolute Gasteiger partial charge is 0.154 e. The first-order valence-corrected chi connectivity index (χ1v) is 24.4. The van der Waals surface area contributed by atoms with Crippen LogP contribution in [-0.2, 0) is 14.2 Å². The highest BCUT2D eigenvalue weighted by atomic mass is 16.7. The van der Waals surface area contributed by atoms with Crippen LogP contribution in [0, 0.1) is 73.0 Å². The molecule has 4 saturated carbocycles. The fourth-order valence-corrected chi connectivity index (χ4v) is 8.05. The summed E-state index contributed by atoms with van der Waals surface area (Å²) in [5.41, 5.74) is 2.66. The highest BCUT2D eigenvalue weighted by Crippen LogP contribution is 2.29. The van der Waals surface area contributed by atoms with E-state index in [-0.39, 0.29) is 28.6 Å². The van der Waals surface area contributed by atoms with E-state index in [0.717, 1.165) is 73.1 Å². The summed E-state index contributed by atoms with van der Waals surface area (Å²) in [5, 5.41) is 0. The molecule has 2 atom stereocenters. The average molecular weight is 834 g/mol. The molecule has 4 aliphatic carbocycles. The van der Waals surface area contributed by atoms with E-state index in [1.54, 1.807) is 0 Å². The van der Waals surface area contributed by atoms with Gasteiger partial charge in [0, 0.05) is 12.5 Å². The fourth-order valence-electron chi connectivity index (χ4n) is 8.05. The van der Waals surface area contributed by atoms with Crippen LogP contribution >= 0.6 is 0 Å². The lowest BCUT2D eigenvalue weighted by Crippen LogP contribution is -2.27. The predicted octanol–water partition coefficient (Wildman–Crippen LogP) is 18.4. The molecule has 1 aromatic carbocycles. The van der Waals surface area contributed by atoms with Crippen molar-refractivity contribution in [2.75, 3.05) is 19.8 Å². The van der Waals surface area contributed by atoms with Crippen molar-refractivity contribution in [1.82, 2.24) is 0 Å². The highest BCUT2D eigenvalue weighted by Gasteiger charge is 2.17. The molecule has 6 aliphatic rings. The lowest BCUT2D eigenvalue weighted by Gasteiger charge is -2.24. The van der Waals surface area contributed by atoms with Gasteiger partial charge in [-0.15, -0.1) is 0 Å². The number of ether oxygens (including phenoxy) is 3. The molecular formula is C56H112O3. The molecule has 6 fully saturated rings. The first kappa shape index (κ1) is 62.4. The molecule has 59 heavy (non-hydrogen) atoms. The van der Waals surface area contributed by atoms with Crippen LogP contribution in [-0.4, -0.2) is 32.2 Å². The molecule has 2 aliphatic heterocycles. The van der Waals surface area contributed by atoms with Crippen molar-refractivity contribution in [2.24, 2.45) is 59.2 Å². The van der Waals surface area contributed by atoms with Crippen LogP contribution in [0.4, 0.5) is 0 Å². The Labute approximate surface area is 374 Å². The molecule has 354 valence electrons. The van der Waals surface area contributed by atoms with Crippen molar-refractivity contribution in [3.8, 4) is 0 Å². The van der Waals surface area contributed by atoms with Gasteiger partial charge in [0.05, 0.1) is 19.3 Å². The van der Waals surface area contributed by atoms with Gasteiger partial charge in [0.15, 0.2) is 6.29 Å². The van der Waals surface area contributed by atoms with Crippen LogP contribution in [0.25, 0.3) is 0 Å². The van der Waals surface area contributed by atoms with Crippen molar-refractivity contribution in [3.63, 3.8) is 0 Å². The standard InChI is InChI=1S/4C8H16.C8H10.C7H14O.C6H12O2.3CH4/c5*1-7-3-5-8(2)6-4-7;1-6-3-4-7(2)8-5-6;1-5-3-7-6(2)8-4-5;;;/h4*7-8H,3-6H2,1-2H3;3-6H,1-2H3;6-7H,3-5H2,1-2H3;5-6H,3-4H2,1-2H3;3*1H4. The van der Waals surface area contributed by atoms with Crippen molar-refractivity contribution in [3.05, 3.63) is 35.4 Å². The van der Waals surface area contributed by atoms with Gasteiger partial charge < -0.3 is 14.2 Å². The Bertz CT molecular complexity index is 738. The average Bonchev–Trinajstić information content (AvgIpc) is 3.18. The summed E-state index contributed by atoms with van der Waals surface area (Å²) in [7, 11) is 0. The fraction of sp³-hybridized carbons (Fsp3) is 0.893. The zero-order chi connectivity index (χ0) is 41.9. The molecule has 2 heterocycles. The van der Waals surface area contributed by atoms with Crippen LogP contribution in [0.15, 0.2) is 24.3 Å². The summed E-state index contributed by atoms with van der Waals surface area (Å²) < 4.78 is 15.7. The van der Waals surface area contributed by atoms with Crippen molar-refractivity contribution in [2.45, 2.75) is 247 Å². The summed E-state index contributed by atoms with van der Waals surface area (Å²) in [6, 6.07) is 8.48. The molecule has 0 bridgehead atoms. The molecule has 0 aromatic heterocycles. The van der Waals surface area contributed by atoms with Crippen molar-refractivity contribution >= 4 is 0 Å². The molecule has 3 nitrogen and oxygen atoms in total. The maximum absolute atomic E-state index is 5.39. The third kappa shape index (κ3) is 36.3. The highest BCUT2D eigenvalue weighted by molar-refractivity contribution is 5.19. The minimum Gasteiger partial charge on any atom is -0.378 e. The Morgan fingerprint density at radius 1 is 0.288 bits per heavy atom. The molecule has 2 unspecified atom stereocenters. The van der Waals surface area contributed by atoms with Gasteiger partial charge in [0.25, 0.3) is 0 Å². The number of hydrogen-bond acceptors (Lipinski definition) is 3.